The summed E-state index contributed by atoms with van der Waals surface area (Å²) in [5, 5.41) is 8.89. The quantitative estimate of drug-likeness (QED) is 0.687. The van der Waals surface area contributed by atoms with Crippen molar-refractivity contribution in [2.45, 2.75) is 18.9 Å². The lowest BCUT2D eigenvalue weighted by Gasteiger charge is -2.15. The predicted octanol–water partition coefficient (Wildman–Crippen LogP) is 2.78. The molecule has 3 rings (SSSR count). The average molecular weight is 344 g/mol. The van der Waals surface area contributed by atoms with E-state index in [2.05, 4.69) is 0 Å². The van der Waals surface area contributed by atoms with Gasteiger partial charge in [0.25, 0.3) is 0 Å². The molecular formula is C14H11BF4NO4. The third-order valence-corrected chi connectivity index (χ3v) is 3.54. The number of rotatable bonds is 3. The van der Waals surface area contributed by atoms with E-state index in [0.29, 0.717) is 0 Å². The van der Waals surface area contributed by atoms with Gasteiger partial charge in [0.15, 0.2) is 11.6 Å². The van der Waals surface area contributed by atoms with Crippen LogP contribution in [0.15, 0.2) is 17.1 Å². The van der Waals surface area contributed by atoms with E-state index in [4.69, 9.17) is 9.84 Å². The number of methoxy groups -OCH3 is 1. The number of halogens is 4. The standard InChI is InChI=1S/C14H11F2NO4.BF2/c1-21-13-10(16)9(15)4-7-11(13)17(6-2-3-6)5-8(12(7)18)14(19)20;2-1-3/h4-6H,2-3H2,1H3,(H,19,20);. The van der Waals surface area contributed by atoms with Crippen LogP contribution in [0, 0.1) is 11.6 Å². The second-order valence-corrected chi connectivity index (χ2v) is 5.00. The minimum atomic E-state index is -1.40. The van der Waals surface area contributed by atoms with Crippen LogP contribution in [0.5, 0.6) is 5.75 Å². The summed E-state index contributed by atoms with van der Waals surface area (Å²) >= 11 is 0. The number of aromatic carboxylic acids is 1. The number of carboxylic acids is 1. The maximum atomic E-state index is 13.9. The van der Waals surface area contributed by atoms with Gasteiger partial charge >= 0.3 is 13.8 Å². The Hall–Kier alpha value is -2.52. The molecule has 0 saturated heterocycles. The van der Waals surface area contributed by atoms with Gasteiger partial charge in [-0.05, 0) is 18.9 Å². The largest absolute Gasteiger partial charge is 0.577 e. The summed E-state index contributed by atoms with van der Waals surface area (Å²) in [6.07, 6.45) is 2.73. The molecule has 5 nitrogen and oxygen atoms in total. The van der Waals surface area contributed by atoms with Crippen LogP contribution in [0.1, 0.15) is 29.2 Å². The summed E-state index contributed by atoms with van der Waals surface area (Å²) in [6.45, 7) is 0. The van der Waals surface area contributed by atoms with E-state index < -0.39 is 36.4 Å². The normalized spacial score (nSPS) is 13.2. The number of fused-ring (bicyclic) bond motifs is 1. The third-order valence-electron chi connectivity index (χ3n) is 3.54. The number of carboxylic acid groups (broad SMARTS) is 1. The Balaban J connectivity index is 0.000000647. The minimum Gasteiger partial charge on any atom is -0.491 e. The molecule has 2 aromatic rings. The van der Waals surface area contributed by atoms with E-state index in [1.807, 2.05) is 0 Å². The summed E-state index contributed by atoms with van der Waals surface area (Å²) in [5.41, 5.74) is -1.23. The molecular weight excluding hydrogens is 333 g/mol. The van der Waals surface area contributed by atoms with Crippen molar-refractivity contribution in [2.75, 3.05) is 7.11 Å². The first kappa shape index (κ1) is 17.8. The number of aromatic nitrogens is 1. The van der Waals surface area contributed by atoms with Crippen molar-refractivity contribution in [1.29, 1.82) is 0 Å². The Morgan fingerprint density at radius 2 is 1.96 bits per heavy atom. The van der Waals surface area contributed by atoms with Gasteiger partial charge in [-0.25, -0.2) is 9.18 Å². The molecule has 0 aliphatic heterocycles. The number of ether oxygens (including phenoxy) is 1. The second kappa shape index (κ2) is 6.94. The van der Waals surface area contributed by atoms with Crippen molar-refractivity contribution >= 4 is 24.7 Å². The van der Waals surface area contributed by atoms with Crippen LogP contribution >= 0.6 is 0 Å². The van der Waals surface area contributed by atoms with Crippen LogP contribution in [0.2, 0.25) is 0 Å². The Kier molecular flexibility index (Phi) is 5.15. The molecule has 1 aromatic carbocycles. The van der Waals surface area contributed by atoms with Gasteiger partial charge in [-0.1, -0.05) is 0 Å². The smallest absolute Gasteiger partial charge is 0.491 e. The molecule has 0 atom stereocenters. The first-order valence-electron chi connectivity index (χ1n) is 6.73. The molecule has 24 heavy (non-hydrogen) atoms. The number of hydrogen-bond acceptors (Lipinski definition) is 3. The molecule has 1 heterocycles. The Morgan fingerprint density at radius 3 is 2.42 bits per heavy atom. The Bertz CT molecular complexity index is 851. The monoisotopic (exact) mass is 344 g/mol. The van der Waals surface area contributed by atoms with Crippen LogP contribution in [0.25, 0.3) is 10.9 Å². The van der Waals surface area contributed by atoms with Crippen molar-refractivity contribution in [2.24, 2.45) is 0 Å². The van der Waals surface area contributed by atoms with Gasteiger partial charge in [-0.3, -0.25) is 13.4 Å². The lowest BCUT2D eigenvalue weighted by Crippen LogP contribution is -2.19. The van der Waals surface area contributed by atoms with Crippen molar-refractivity contribution in [3.63, 3.8) is 0 Å². The van der Waals surface area contributed by atoms with Gasteiger partial charge in [0.1, 0.15) is 5.56 Å². The van der Waals surface area contributed by atoms with Gasteiger partial charge in [-0.2, -0.15) is 4.39 Å². The van der Waals surface area contributed by atoms with Crippen LogP contribution in [-0.4, -0.2) is 30.6 Å². The summed E-state index contributed by atoms with van der Waals surface area (Å²) in [4.78, 5) is 23.3. The van der Waals surface area contributed by atoms with E-state index in [-0.39, 0.29) is 22.7 Å². The maximum Gasteiger partial charge on any atom is 0.577 e. The average Bonchev–Trinajstić information content (AvgIpc) is 3.35. The second-order valence-electron chi connectivity index (χ2n) is 5.00. The number of benzene rings is 1. The van der Waals surface area contributed by atoms with E-state index in [1.165, 1.54) is 17.9 Å². The van der Waals surface area contributed by atoms with Gasteiger partial charge in [-0.15, -0.1) is 0 Å². The molecule has 1 aromatic heterocycles. The zero-order chi connectivity index (χ0) is 18.0. The molecule has 1 aliphatic rings. The minimum absolute atomic E-state index is 0.0371. The highest BCUT2D eigenvalue weighted by Gasteiger charge is 2.30. The molecule has 1 aliphatic carbocycles. The molecule has 10 heteroatoms. The number of hydrogen-bond donors (Lipinski definition) is 1. The lowest BCUT2D eigenvalue weighted by atomic mass is 10.1. The number of carbonyl (C=O) groups is 1. The lowest BCUT2D eigenvalue weighted by molar-refractivity contribution is 0.0695. The van der Waals surface area contributed by atoms with Crippen molar-refractivity contribution in [3.05, 3.63) is 39.7 Å². The zero-order valence-electron chi connectivity index (χ0n) is 12.4. The van der Waals surface area contributed by atoms with Crippen molar-refractivity contribution < 1.29 is 32.1 Å². The highest BCUT2D eigenvalue weighted by atomic mass is 19.2. The molecule has 1 N–H and O–H groups in total. The number of nitrogens with zero attached hydrogens (tertiary/aromatic N) is 1. The van der Waals surface area contributed by atoms with Crippen molar-refractivity contribution in [3.8, 4) is 5.75 Å². The molecule has 1 radical (unpaired) electrons. The molecule has 0 spiro atoms. The molecule has 1 fully saturated rings. The molecule has 0 amide bonds. The van der Waals surface area contributed by atoms with Crippen LogP contribution in [0.4, 0.5) is 17.4 Å². The molecule has 0 bridgehead atoms. The van der Waals surface area contributed by atoms with E-state index in [1.54, 1.807) is 0 Å². The highest BCUT2D eigenvalue weighted by molar-refractivity contribution is 6.15. The summed E-state index contributed by atoms with van der Waals surface area (Å²) in [5.74, 6) is -4.23. The first-order valence-corrected chi connectivity index (χ1v) is 6.73. The van der Waals surface area contributed by atoms with E-state index in [9.17, 15) is 27.0 Å². The molecule has 1 saturated carbocycles. The fourth-order valence-electron chi connectivity index (χ4n) is 2.41. The number of pyridine rings is 1. The van der Waals surface area contributed by atoms with E-state index in [0.717, 1.165) is 18.9 Å². The predicted molar refractivity (Wildman–Crippen MR) is 77.9 cm³/mol. The van der Waals surface area contributed by atoms with Crippen molar-refractivity contribution in [1.82, 2.24) is 4.57 Å². The SMILES string of the molecule is COc1c(F)c(F)cc2c(=O)c(C(=O)O)cn(C3CC3)c12.F[B]F. The van der Waals surface area contributed by atoms with Crippen LogP contribution in [0.3, 0.4) is 0 Å². The maximum absolute atomic E-state index is 13.9. The van der Waals surface area contributed by atoms with Gasteiger partial charge < -0.3 is 14.4 Å². The highest BCUT2D eigenvalue weighted by Crippen LogP contribution is 2.40. The summed E-state index contributed by atoms with van der Waals surface area (Å²) in [7, 11) is 0.171. The Morgan fingerprint density at radius 1 is 1.38 bits per heavy atom. The third kappa shape index (κ3) is 3.08. The molecule has 127 valence electrons. The van der Waals surface area contributed by atoms with Crippen LogP contribution in [-0.2, 0) is 0 Å². The van der Waals surface area contributed by atoms with E-state index >= 15 is 0 Å². The first-order chi connectivity index (χ1) is 11.4. The van der Waals surface area contributed by atoms with Gasteiger partial charge in [0, 0.05) is 12.2 Å². The van der Waals surface area contributed by atoms with Gasteiger partial charge in [0.2, 0.25) is 11.2 Å². The Labute approximate surface area is 133 Å². The zero-order valence-corrected chi connectivity index (χ0v) is 12.4. The van der Waals surface area contributed by atoms with Crippen LogP contribution < -0.4 is 10.2 Å². The van der Waals surface area contributed by atoms with Gasteiger partial charge in [0.05, 0.1) is 18.0 Å². The fourth-order valence-corrected chi connectivity index (χ4v) is 2.41. The molecule has 0 unspecified atom stereocenters. The summed E-state index contributed by atoms with van der Waals surface area (Å²) < 4.78 is 52.8. The topological polar surface area (TPSA) is 68.5 Å². The summed E-state index contributed by atoms with van der Waals surface area (Å²) in [6, 6.07) is 0.686. The fraction of sp³-hybridized carbons (Fsp3) is 0.286.